The third-order valence-corrected chi connectivity index (χ3v) is 18.0. The van der Waals surface area contributed by atoms with Crippen LogP contribution in [0.25, 0.3) is 67.5 Å². The average molecular weight is 874 g/mol. The maximum Gasteiger partial charge on any atom is 0.164 e. The standard InChI is InChI=1S/C65H51N3/c1-63(2)52-22-9-6-19-48(52)51-29-27-45(38-58(51)63)62-67-60(41-15-4-3-5-16-41)66-61(68-62)44-18-14-17-42(36-44)43-28-30-57-59(37-43)64(46-32-39-31-40(34-46)35-47(64)33-39)55-25-12-13-26-56(55)65(57)53-23-10-7-20-49(53)50-21-8-11-24-54(50)65/h3-30,36-40,46-47H,31-35H2,1-2H3. The predicted molar refractivity (Wildman–Crippen MR) is 274 cm³/mol. The van der Waals surface area contributed by atoms with Crippen molar-refractivity contribution in [3.8, 4) is 67.5 Å². The lowest BCUT2D eigenvalue weighted by molar-refractivity contribution is -0.0440. The second kappa shape index (κ2) is 13.9. The molecule has 1 aromatic heterocycles. The Kier molecular flexibility index (Phi) is 7.95. The van der Waals surface area contributed by atoms with E-state index >= 15 is 0 Å². The molecule has 2 spiro atoms. The largest absolute Gasteiger partial charge is 0.208 e. The number of nitrogens with zero attached hydrogens (tertiary/aromatic N) is 3. The lowest BCUT2D eigenvalue weighted by atomic mass is 9.38. The minimum absolute atomic E-state index is 0.0375. The molecule has 0 unspecified atom stereocenters. The molecular weight excluding hydrogens is 823 g/mol. The summed E-state index contributed by atoms with van der Waals surface area (Å²) in [7, 11) is 0. The molecule has 0 radical (unpaired) electrons. The van der Waals surface area contributed by atoms with Gasteiger partial charge < -0.3 is 0 Å². The summed E-state index contributed by atoms with van der Waals surface area (Å²) in [6.07, 6.45) is 6.77. The third kappa shape index (κ3) is 5.07. The second-order valence-electron chi connectivity index (χ2n) is 21.5. The zero-order valence-corrected chi connectivity index (χ0v) is 38.6. The number of benzene rings is 8. The smallest absolute Gasteiger partial charge is 0.164 e. The Bertz CT molecular complexity index is 3510. The number of fused-ring (bicyclic) bond motifs is 12. The zero-order chi connectivity index (χ0) is 44.9. The lowest BCUT2D eigenvalue weighted by Crippen LogP contribution is -2.59. The van der Waals surface area contributed by atoms with E-state index in [1.54, 1.807) is 11.1 Å². The van der Waals surface area contributed by atoms with E-state index in [0.29, 0.717) is 29.3 Å². The van der Waals surface area contributed by atoms with Crippen molar-refractivity contribution in [1.82, 2.24) is 15.0 Å². The maximum atomic E-state index is 5.34. The van der Waals surface area contributed by atoms with Gasteiger partial charge in [0.1, 0.15) is 0 Å². The molecule has 4 saturated carbocycles. The van der Waals surface area contributed by atoms with Gasteiger partial charge in [0.2, 0.25) is 0 Å². The first-order valence-corrected chi connectivity index (χ1v) is 25.0. The van der Waals surface area contributed by atoms with Crippen LogP contribution >= 0.6 is 0 Å². The summed E-state index contributed by atoms with van der Waals surface area (Å²) in [5.74, 6) is 5.01. The highest BCUT2D eigenvalue weighted by Gasteiger charge is 2.64. The molecule has 0 amide bonds. The van der Waals surface area contributed by atoms with Crippen LogP contribution in [0.15, 0.2) is 188 Å². The molecule has 0 N–H and O–H groups in total. The molecule has 3 nitrogen and oxygen atoms in total. The molecule has 68 heavy (non-hydrogen) atoms. The molecule has 16 rings (SSSR count). The van der Waals surface area contributed by atoms with Crippen molar-refractivity contribution in [1.29, 1.82) is 0 Å². The van der Waals surface area contributed by atoms with Crippen LogP contribution in [0.2, 0.25) is 0 Å². The molecule has 8 aromatic carbocycles. The molecule has 0 atom stereocenters. The fraction of sp³-hybridized carbons (Fsp3) is 0.215. The molecule has 4 fully saturated rings. The van der Waals surface area contributed by atoms with Gasteiger partial charge in [-0.15, -0.1) is 0 Å². The fourth-order valence-electron chi connectivity index (χ4n) is 15.5. The number of hydrogen-bond donors (Lipinski definition) is 0. The van der Waals surface area contributed by atoms with Gasteiger partial charge in [-0.3, -0.25) is 0 Å². The Morgan fingerprint density at radius 2 is 0.765 bits per heavy atom. The van der Waals surface area contributed by atoms with E-state index in [2.05, 4.69) is 196 Å². The van der Waals surface area contributed by atoms with Crippen molar-refractivity contribution in [2.45, 2.75) is 62.2 Å². The highest BCUT2D eigenvalue weighted by Crippen LogP contribution is 2.71. The highest BCUT2D eigenvalue weighted by atomic mass is 15.0. The van der Waals surface area contributed by atoms with Gasteiger partial charge in [0.05, 0.1) is 5.41 Å². The summed E-state index contributed by atoms with van der Waals surface area (Å²) in [6, 6.07) is 70.9. The molecule has 0 aliphatic heterocycles. The van der Waals surface area contributed by atoms with Crippen LogP contribution in [0.4, 0.5) is 0 Å². The van der Waals surface area contributed by atoms with E-state index in [0.717, 1.165) is 28.5 Å². The maximum absolute atomic E-state index is 5.34. The van der Waals surface area contributed by atoms with Gasteiger partial charge in [0.25, 0.3) is 0 Å². The zero-order valence-electron chi connectivity index (χ0n) is 38.6. The van der Waals surface area contributed by atoms with E-state index in [-0.39, 0.29) is 10.8 Å². The minimum atomic E-state index is -0.399. The summed E-state index contributed by atoms with van der Waals surface area (Å²) < 4.78 is 0. The van der Waals surface area contributed by atoms with Crippen LogP contribution in [0.1, 0.15) is 90.5 Å². The number of aromatic nitrogens is 3. The average Bonchev–Trinajstić information content (AvgIpc) is 3.81. The third-order valence-electron chi connectivity index (χ3n) is 18.0. The Hall–Kier alpha value is -7.23. The van der Waals surface area contributed by atoms with Crippen LogP contribution in [0.3, 0.4) is 0 Å². The normalized spacial score (nSPS) is 23.1. The van der Waals surface area contributed by atoms with E-state index in [1.165, 1.54) is 98.9 Å². The van der Waals surface area contributed by atoms with Crippen LogP contribution in [0, 0.1) is 23.7 Å². The van der Waals surface area contributed by atoms with E-state index in [4.69, 9.17) is 15.0 Å². The Morgan fingerprint density at radius 1 is 0.324 bits per heavy atom. The molecule has 9 aromatic rings. The minimum Gasteiger partial charge on any atom is -0.208 e. The van der Waals surface area contributed by atoms with E-state index < -0.39 is 5.41 Å². The van der Waals surface area contributed by atoms with Gasteiger partial charge in [0, 0.05) is 27.5 Å². The Labute approximate surface area is 399 Å². The highest BCUT2D eigenvalue weighted by molar-refractivity contribution is 5.90. The Morgan fingerprint density at radius 3 is 1.43 bits per heavy atom. The van der Waals surface area contributed by atoms with Gasteiger partial charge in [-0.25, -0.2) is 15.0 Å². The van der Waals surface area contributed by atoms with Gasteiger partial charge >= 0.3 is 0 Å². The molecule has 4 bridgehead atoms. The molecule has 7 aliphatic rings. The van der Waals surface area contributed by atoms with Gasteiger partial charge in [-0.2, -0.15) is 0 Å². The first-order chi connectivity index (χ1) is 33.4. The second-order valence-corrected chi connectivity index (χ2v) is 21.5. The number of rotatable bonds is 4. The molecule has 326 valence electrons. The Balaban J connectivity index is 0.920. The summed E-state index contributed by atoms with van der Waals surface area (Å²) in [4.78, 5) is 15.8. The van der Waals surface area contributed by atoms with Crippen molar-refractivity contribution in [2.24, 2.45) is 23.7 Å². The predicted octanol–water partition coefficient (Wildman–Crippen LogP) is 15.3. The van der Waals surface area contributed by atoms with Gasteiger partial charge in [-0.1, -0.05) is 184 Å². The summed E-state index contributed by atoms with van der Waals surface area (Å²) in [6.45, 7) is 4.66. The molecule has 3 heteroatoms. The van der Waals surface area contributed by atoms with Crippen molar-refractivity contribution in [2.75, 3.05) is 0 Å². The lowest BCUT2D eigenvalue weighted by Gasteiger charge is -2.65. The summed E-state index contributed by atoms with van der Waals surface area (Å²) in [5, 5.41) is 0. The van der Waals surface area contributed by atoms with E-state index in [9.17, 15) is 0 Å². The number of hydrogen-bond acceptors (Lipinski definition) is 3. The summed E-state index contributed by atoms with van der Waals surface area (Å²) >= 11 is 0. The van der Waals surface area contributed by atoms with Gasteiger partial charge in [-0.05, 0) is 152 Å². The first-order valence-electron chi connectivity index (χ1n) is 25.0. The van der Waals surface area contributed by atoms with Crippen LogP contribution in [0.5, 0.6) is 0 Å². The van der Waals surface area contributed by atoms with Crippen molar-refractivity contribution in [3.05, 3.63) is 233 Å². The topological polar surface area (TPSA) is 38.7 Å². The van der Waals surface area contributed by atoms with Crippen LogP contribution in [-0.4, -0.2) is 15.0 Å². The summed E-state index contributed by atoms with van der Waals surface area (Å²) in [5.41, 5.74) is 21.8. The fourth-order valence-corrected chi connectivity index (χ4v) is 15.5. The SMILES string of the molecule is CC1(C)c2ccccc2-c2ccc(-c3nc(-c4ccccc4)nc(-c4cccc(-c5ccc6c(c5)C5(c7ccccc7C67c6ccccc6-c6ccccc67)C6CC7CC(C6)CC5C7)c4)n3)cc21. The van der Waals surface area contributed by atoms with E-state index in [1.807, 2.05) is 6.07 Å². The monoisotopic (exact) mass is 873 g/mol. The van der Waals surface area contributed by atoms with Crippen LogP contribution in [-0.2, 0) is 16.2 Å². The van der Waals surface area contributed by atoms with Crippen molar-refractivity contribution < 1.29 is 0 Å². The quantitative estimate of drug-likeness (QED) is 0.177. The van der Waals surface area contributed by atoms with Gasteiger partial charge in [0.15, 0.2) is 17.5 Å². The molecular formula is C65H51N3. The van der Waals surface area contributed by atoms with Crippen molar-refractivity contribution in [3.63, 3.8) is 0 Å². The molecule has 7 aliphatic carbocycles. The van der Waals surface area contributed by atoms with Crippen LogP contribution < -0.4 is 0 Å². The molecule has 1 heterocycles. The molecule has 0 saturated heterocycles. The van der Waals surface area contributed by atoms with Crippen molar-refractivity contribution >= 4 is 0 Å². The first kappa shape index (κ1) is 38.8.